The Hall–Kier alpha value is -0.940. The van der Waals surface area contributed by atoms with Crippen molar-refractivity contribution >= 4 is 66.2 Å². The van der Waals surface area contributed by atoms with Crippen LogP contribution in [0.2, 0.25) is 0 Å². The maximum Gasteiger partial charge on any atom is 0.242 e. The molecule has 0 saturated carbocycles. The highest BCUT2D eigenvalue weighted by Crippen LogP contribution is 2.25. The second kappa shape index (κ2) is 11.7. The molecule has 2 N–H and O–H groups in total. The van der Waals surface area contributed by atoms with Crippen LogP contribution in [0.3, 0.4) is 0 Å². The molecule has 0 radical (unpaired) electrons. The Morgan fingerprint density at radius 3 is 2.58 bits per heavy atom. The number of aromatic amines is 1. The molecule has 12 heteroatoms. The molecule has 3 heterocycles. The van der Waals surface area contributed by atoms with Crippen LogP contribution in [0.5, 0.6) is 0 Å². The third kappa shape index (κ3) is 7.36. The first-order valence-corrected chi connectivity index (χ1v) is 9.80. The van der Waals surface area contributed by atoms with Gasteiger partial charge in [0.2, 0.25) is 11.1 Å². The van der Waals surface area contributed by atoms with E-state index in [1.807, 2.05) is 11.6 Å². The predicted molar refractivity (Wildman–Crippen MR) is 107 cm³/mol. The van der Waals surface area contributed by atoms with Crippen molar-refractivity contribution in [1.29, 1.82) is 0 Å². The molecule has 1 aliphatic heterocycles. The second-order valence-corrected chi connectivity index (χ2v) is 7.20. The molecule has 1 amide bonds. The van der Waals surface area contributed by atoms with Crippen LogP contribution in [0.15, 0.2) is 21.9 Å². The van der Waals surface area contributed by atoms with Gasteiger partial charge in [0.25, 0.3) is 0 Å². The number of nitrogens with zero attached hydrogens (tertiary/aromatic N) is 4. The summed E-state index contributed by atoms with van der Waals surface area (Å²) in [6.45, 7) is 1.84. The fourth-order valence-electron chi connectivity index (χ4n) is 1.88. The number of rotatable bonds is 3. The van der Waals surface area contributed by atoms with E-state index >= 15 is 0 Å². The number of hydrogen-bond acceptors (Lipinski definition) is 5. The van der Waals surface area contributed by atoms with Gasteiger partial charge in [-0.2, -0.15) is 0 Å². The average Bonchev–Trinajstić information content (AvgIpc) is 3.19. The van der Waals surface area contributed by atoms with Crippen LogP contribution in [0.25, 0.3) is 0 Å². The first-order valence-electron chi connectivity index (χ1n) is 7.30. The van der Waals surface area contributed by atoms with E-state index in [0.717, 1.165) is 22.5 Å². The number of H-pyrrole nitrogens is 1. The molecule has 0 aromatic carbocycles. The molecule has 0 atom stereocenters. The van der Waals surface area contributed by atoms with Gasteiger partial charge in [0.1, 0.15) is 11.1 Å². The molecule has 8 nitrogen and oxygen atoms in total. The highest BCUT2D eigenvalue weighted by Gasteiger charge is 2.24. The number of alkyl halides is 1. The van der Waals surface area contributed by atoms with E-state index in [0.29, 0.717) is 17.8 Å². The first kappa shape index (κ1) is 23.1. The Morgan fingerprint density at radius 2 is 2.08 bits per heavy atom. The van der Waals surface area contributed by atoms with Crippen LogP contribution in [0, 0.1) is 0 Å². The van der Waals surface area contributed by atoms with E-state index in [9.17, 15) is 9.59 Å². The van der Waals surface area contributed by atoms with Crippen molar-refractivity contribution in [2.75, 3.05) is 20.0 Å². The summed E-state index contributed by atoms with van der Waals surface area (Å²) in [5.41, 5.74) is 2.15. The van der Waals surface area contributed by atoms with Gasteiger partial charge in [-0.05, 0) is 50.5 Å². The lowest BCUT2D eigenvalue weighted by molar-refractivity contribution is -0.132. The van der Waals surface area contributed by atoms with Crippen LogP contribution < -0.4 is 5.32 Å². The number of fused-ring (bicyclic) bond motifs is 1. The summed E-state index contributed by atoms with van der Waals surface area (Å²) in [5.74, 6) is 0.0137. The summed E-state index contributed by atoms with van der Waals surface area (Å²) in [4.78, 5) is 33.5. The van der Waals surface area contributed by atoms with Gasteiger partial charge in [-0.1, -0.05) is 0 Å². The summed E-state index contributed by atoms with van der Waals surface area (Å²) in [6, 6.07) is 0. The lowest BCUT2D eigenvalue weighted by atomic mass is 10.3. The van der Waals surface area contributed by atoms with Crippen molar-refractivity contribution < 1.29 is 9.59 Å². The SMILES string of the molecule is CN1Cc2c(Br)nc(Br)n2CC1=O.CNCc1cnc[nH]1.O=C(Cl)CCl. The smallest absolute Gasteiger partial charge is 0.242 e. The lowest BCUT2D eigenvalue weighted by Gasteiger charge is -2.24. The monoisotopic (exact) mass is 530 g/mol. The zero-order chi connectivity index (χ0) is 19.7. The van der Waals surface area contributed by atoms with Crippen molar-refractivity contribution in [2.24, 2.45) is 0 Å². The fraction of sp³-hybridized carbons (Fsp3) is 0.429. The summed E-state index contributed by atoms with van der Waals surface area (Å²) >= 11 is 16.2. The Bertz CT molecular complexity index is 723. The van der Waals surface area contributed by atoms with Gasteiger partial charge >= 0.3 is 0 Å². The van der Waals surface area contributed by atoms with E-state index in [1.165, 1.54) is 0 Å². The van der Waals surface area contributed by atoms with Crippen molar-refractivity contribution in [1.82, 2.24) is 29.7 Å². The van der Waals surface area contributed by atoms with E-state index in [1.54, 1.807) is 24.5 Å². The van der Waals surface area contributed by atoms with Crippen molar-refractivity contribution in [3.63, 3.8) is 0 Å². The van der Waals surface area contributed by atoms with Crippen LogP contribution in [-0.4, -0.2) is 55.5 Å². The second-order valence-electron chi connectivity index (χ2n) is 5.05. The van der Waals surface area contributed by atoms with Crippen LogP contribution in [-0.2, 0) is 29.2 Å². The van der Waals surface area contributed by atoms with Crippen LogP contribution in [0.4, 0.5) is 0 Å². The van der Waals surface area contributed by atoms with Gasteiger partial charge in [-0.3, -0.25) is 9.59 Å². The van der Waals surface area contributed by atoms with Crippen LogP contribution in [0.1, 0.15) is 11.4 Å². The molecule has 0 fully saturated rings. The minimum absolute atomic E-state index is 0.0957. The Labute approximate surface area is 177 Å². The third-order valence-electron chi connectivity index (χ3n) is 3.11. The highest BCUT2D eigenvalue weighted by atomic mass is 79.9. The van der Waals surface area contributed by atoms with E-state index < -0.39 is 5.24 Å². The molecule has 0 saturated heterocycles. The maximum absolute atomic E-state index is 11.4. The molecule has 1 aliphatic rings. The van der Waals surface area contributed by atoms with Gasteiger partial charge in [-0.15, -0.1) is 11.6 Å². The Balaban J connectivity index is 0.000000223. The van der Waals surface area contributed by atoms with Gasteiger partial charge < -0.3 is 19.8 Å². The number of hydrogen-bond donors (Lipinski definition) is 2. The van der Waals surface area contributed by atoms with Crippen molar-refractivity contribution in [2.45, 2.75) is 19.6 Å². The van der Waals surface area contributed by atoms with Crippen molar-refractivity contribution in [3.05, 3.63) is 33.2 Å². The third-order valence-corrected chi connectivity index (χ3v) is 4.86. The van der Waals surface area contributed by atoms with Gasteiger partial charge in [0.15, 0.2) is 4.73 Å². The Kier molecular flexibility index (Phi) is 10.4. The topological polar surface area (TPSA) is 95.9 Å². The molecule has 0 bridgehead atoms. The number of carbonyl (C=O) groups is 2. The highest BCUT2D eigenvalue weighted by molar-refractivity contribution is 9.11. The van der Waals surface area contributed by atoms with Gasteiger partial charge in [-0.25, -0.2) is 9.97 Å². The normalized spacial score (nSPS) is 12.5. The molecule has 0 unspecified atom stereocenters. The zero-order valence-corrected chi connectivity index (χ0v) is 18.8. The quantitative estimate of drug-likeness (QED) is 0.468. The van der Waals surface area contributed by atoms with Gasteiger partial charge in [0.05, 0.1) is 24.4 Å². The summed E-state index contributed by atoms with van der Waals surface area (Å²) in [7, 11) is 3.69. The standard InChI is InChI=1S/C7H7Br2N3O.C5H9N3.C2H2Cl2O/c1-11-2-4-6(8)10-7(9)12(4)3-5(11)13;1-6-2-5-3-7-4-8-5;3-1-2(4)5/h2-3H2,1H3;3-4,6H,2H2,1H3,(H,7,8);1H2. The zero-order valence-electron chi connectivity index (χ0n) is 14.1. The molecule has 26 heavy (non-hydrogen) atoms. The number of imidazole rings is 2. The molecule has 144 valence electrons. The first-order chi connectivity index (χ1) is 12.3. The average molecular weight is 533 g/mol. The number of nitrogens with one attached hydrogen (secondary N) is 2. The molecule has 0 aliphatic carbocycles. The van der Waals surface area contributed by atoms with Crippen molar-refractivity contribution in [3.8, 4) is 0 Å². The summed E-state index contributed by atoms with van der Waals surface area (Å²) in [5, 5.41) is 2.49. The van der Waals surface area contributed by atoms with E-state index in [4.69, 9.17) is 23.2 Å². The molecule has 2 aromatic heterocycles. The number of likely N-dealkylation sites (N-methyl/N-ethyl adjacent to an activating group) is 1. The molecule has 0 spiro atoms. The lowest BCUT2D eigenvalue weighted by Crippen LogP contribution is -2.35. The number of carbonyl (C=O) groups excluding carboxylic acids is 2. The molecule has 3 rings (SSSR count). The van der Waals surface area contributed by atoms with Gasteiger partial charge in [0, 0.05) is 25.5 Å². The van der Waals surface area contributed by atoms with E-state index in [-0.39, 0.29) is 11.8 Å². The molecule has 2 aromatic rings. The summed E-state index contributed by atoms with van der Waals surface area (Å²) in [6.07, 6.45) is 3.48. The number of aromatic nitrogens is 4. The Morgan fingerprint density at radius 1 is 1.42 bits per heavy atom. The largest absolute Gasteiger partial charge is 0.347 e. The number of amides is 1. The predicted octanol–water partition coefficient (Wildman–Crippen LogP) is 2.50. The molecular weight excluding hydrogens is 515 g/mol. The molecular formula is C14H18Br2Cl2N6O2. The van der Waals surface area contributed by atoms with Crippen LogP contribution >= 0.6 is 55.1 Å². The number of halogens is 4. The minimum atomic E-state index is -0.508. The maximum atomic E-state index is 11.4. The summed E-state index contributed by atoms with van der Waals surface area (Å²) < 4.78 is 3.38. The van der Waals surface area contributed by atoms with E-state index in [2.05, 4.69) is 52.1 Å². The fourth-order valence-corrected chi connectivity index (χ4v) is 3.14. The minimum Gasteiger partial charge on any atom is -0.347 e.